The van der Waals surface area contributed by atoms with Crippen molar-refractivity contribution in [2.24, 2.45) is 29.6 Å². The first kappa shape index (κ1) is 79.5. The molecule has 3 heteroatoms. The van der Waals surface area contributed by atoms with Crippen LogP contribution in [0.15, 0.2) is 0 Å². The first-order valence-corrected chi connectivity index (χ1v) is 40.4. The predicted molar refractivity (Wildman–Crippen MR) is 375 cm³/mol. The zero-order chi connectivity index (χ0) is 60.0. The highest BCUT2D eigenvalue weighted by Crippen LogP contribution is 2.47. The molecule has 0 aliphatic heterocycles. The van der Waals surface area contributed by atoms with Crippen molar-refractivity contribution in [3.63, 3.8) is 0 Å². The van der Waals surface area contributed by atoms with E-state index < -0.39 is 6.10 Å². The van der Waals surface area contributed by atoms with Gasteiger partial charge in [-0.2, -0.15) is 0 Å². The Morgan fingerprint density at radius 2 is 0.440 bits per heavy atom. The van der Waals surface area contributed by atoms with Crippen LogP contribution in [0.5, 0.6) is 0 Å². The molecule has 0 aromatic carbocycles. The molecule has 0 amide bonds. The van der Waals surface area contributed by atoms with E-state index in [0.29, 0.717) is 0 Å². The van der Waals surface area contributed by atoms with Gasteiger partial charge in [0.25, 0.3) is 0 Å². The highest BCUT2D eigenvalue weighted by atomic mass is 16.5. The molecule has 0 spiro atoms. The summed E-state index contributed by atoms with van der Waals surface area (Å²) >= 11 is 0. The monoisotopic (exact) mass is 1180 g/mol. The molecule has 0 aromatic rings. The predicted octanol–water partition coefficient (Wildman–Crippen LogP) is 28.4. The van der Waals surface area contributed by atoms with Gasteiger partial charge in [-0.3, -0.25) is 4.79 Å². The maximum absolute atomic E-state index is 12.5. The number of aliphatic hydroxyl groups is 1. The van der Waals surface area contributed by atoms with Crippen molar-refractivity contribution in [3.8, 4) is 0 Å². The Morgan fingerprint density at radius 3 is 0.631 bits per heavy atom. The van der Waals surface area contributed by atoms with Crippen molar-refractivity contribution in [2.75, 3.05) is 7.11 Å². The van der Waals surface area contributed by atoms with Crippen LogP contribution in [0.25, 0.3) is 0 Å². The van der Waals surface area contributed by atoms with E-state index in [1.54, 1.807) is 25.7 Å². The summed E-state index contributed by atoms with van der Waals surface area (Å²) in [7, 11) is 1.48. The lowest BCUT2D eigenvalue weighted by Gasteiger charge is -2.20. The minimum Gasteiger partial charge on any atom is -0.469 e. The van der Waals surface area contributed by atoms with E-state index in [0.717, 1.165) is 49.4 Å². The third-order valence-corrected chi connectivity index (χ3v) is 21.4. The number of carbonyl (C=O) groups excluding carboxylic acids is 1. The van der Waals surface area contributed by atoms with Crippen LogP contribution in [0.4, 0.5) is 0 Å². The summed E-state index contributed by atoms with van der Waals surface area (Å²) in [5.41, 5.74) is 0. The molecule has 2 rings (SSSR count). The van der Waals surface area contributed by atoms with Crippen LogP contribution in [0.2, 0.25) is 0 Å². The molecule has 2 fully saturated rings. The van der Waals surface area contributed by atoms with Crippen molar-refractivity contribution < 1.29 is 14.6 Å². The average Bonchev–Trinajstić information content (AvgIpc) is 4.64. The van der Waals surface area contributed by atoms with E-state index in [1.165, 1.54) is 412 Å². The zero-order valence-electron chi connectivity index (χ0n) is 58.4. The van der Waals surface area contributed by atoms with Gasteiger partial charge in [0.2, 0.25) is 0 Å². The molecule has 3 nitrogen and oxygen atoms in total. The highest BCUT2D eigenvalue weighted by molar-refractivity contribution is 5.72. The van der Waals surface area contributed by atoms with Crippen LogP contribution in [-0.2, 0) is 9.53 Å². The fourth-order valence-corrected chi connectivity index (χ4v) is 15.1. The molecule has 84 heavy (non-hydrogen) atoms. The minimum absolute atomic E-state index is 0.209. The Morgan fingerprint density at radius 1 is 0.274 bits per heavy atom. The van der Waals surface area contributed by atoms with Gasteiger partial charge in [0.1, 0.15) is 0 Å². The van der Waals surface area contributed by atoms with E-state index >= 15 is 0 Å². The van der Waals surface area contributed by atoms with Gasteiger partial charge >= 0.3 is 5.97 Å². The lowest BCUT2D eigenvalue weighted by molar-refractivity contribution is -0.150. The highest BCUT2D eigenvalue weighted by Gasteiger charge is 2.36. The molecule has 6 unspecified atom stereocenters. The Balaban J connectivity index is 1.20. The van der Waals surface area contributed by atoms with Crippen LogP contribution < -0.4 is 0 Å². The van der Waals surface area contributed by atoms with Crippen LogP contribution >= 0.6 is 0 Å². The lowest BCUT2D eigenvalue weighted by Crippen LogP contribution is -2.29. The summed E-state index contributed by atoms with van der Waals surface area (Å²) in [6.45, 7) is 4.62. The molecule has 2 aliphatic carbocycles. The molecule has 0 saturated heterocycles. The van der Waals surface area contributed by atoms with Gasteiger partial charge in [-0.15, -0.1) is 0 Å². The van der Waals surface area contributed by atoms with Gasteiger partial charge in [-0.25, -0.2) is 0 Å². The first-order chi connectivity index (χ1) is 41.6. The average molecular weight is 1180 g/mol. The largest absolute Gasteiger partial charge is 0.469 e. The van der Waals surface area contributed by atoms with E-state index in [4.69, 9.17) is 4.74 Å². The van der Waals surface area contributed by atoms with Crippen molar-refractivity contribution in [1.29, 1.82) is 0 Å². The molecular formula is C81H158O3. The standard InChI is InChI=1S/C81H158O3/c1-4-6-8-10-12-14-16-18-20-22-23-24-25-27-35-41-47-53-59-65-71-79(81(83)84-3)80(82)72-66-60-54-48-42-36-29-28-32-38-44-50-56-62-68-76-74-78(76)70-64-58-52-46-40-34-30-33-39-45-51-57-63-69-77-73-75(77)67-61-55-49-43-37-31-26-21-19-17-15-13-11-9-7-5-2/h75-80,82H,4-74H2,1-3H3. The van der Waals surface area contributed by atoms with Gasteiger partial charge in [0.15, 0.2) is 0 Å². The number of hydrogen-bond acceptors (Lipinski definition) is 3. The summed E-state index contributed by atoms with van der Waals surface area (Å²) in [5, 5.41) is 10.9. The zero-order valence-corrected chi connectivity index (χ0v) is 58.4. The number of rotatable bonds is 73. The summed E-state index contributed by atoms with van der Waals surface area (Å²) in [4.78, 5) is 12.5. The second kappa shape index (κ2) is 64.0. The Kier molecular flexibility index (Phi) is 60.6. The maximum atomic E-state index is 12.5. The van der Waals surface area contributed by atoms with E-state index in [1.807, 2.05) is 0 Å². The van der Waals surface area contributed by atoms with E-state index in [9.17, 15) is 9.90 Å². The molecule has 0 radical (unpaired) electrons. The van der Waals surface area contributed by atoms with Crippen molar-refractivity contribution >= 4 is 5.97 Å². The van der Waals surface area contributed by atoms with Crippen LogP contribution in [0.1, 0.15) is 470 Å². The second-order valence-electron chi connectivity index (χ2n) is 29.5. The quantitative estimate of drug-likeness (QED) is 0.0488. The summed E-state index contributed by atoms with van der Waals surface area (Å²) in [6, 6.07) is 0. The number of unbranched alkanes of at least 4 members (excludes halogenated alkanes) is 59. The van der Waals surface area contributed by atoms with Gasteiger partial charge in [0, 0.05) is 0 Å². The van der Waals surface area contributed by atoms with Crippen LogP contribution in [-0.4, -0.2) is 24.3 Å². The number of methoxy groups -OCH3 is 1. The number of carbonyl (C=O) groups is 1. The smallest absolute Gasteiger partial charge is 0.311 e. The minimum atomic E-state index is -0.550. The Bertz CT molecular complexity index is 1280. The lowest BCUT2D eigenvalue weighted by atomic mass is 9.91. The molecule has 2 aliphatic rings. The molecule has 0 aromatic heterocycles. The first-order valence-electron chi connectivity index (χ1n) is 40.4. The maximum Gasteiger partial charge on any atom is 0.311 e. The van der Waals surface area contributed by atoms with Crippen molar-refractivity contribution in [1.82, 2.24) is 0 Å². The number of aliphatic hydroxyl groups excluding tert-OH is 1. The number of esters is 1. The van der Waals surface area contributed by atoms with E-state index in [-0.39, 0.29) is 11.9 Å². The fourth-order valence-electron chi connectivity index (χ4n) is 15.1. The second-order valence-corrected chi connectivity index (χ2v) is 29.5. The summed E-state index contributed by atoms with van der Waals surface area (Å²) < 4.78 is 5.12. The van der Waals surface area contributed by atoms with Crippen LogP contribution in [0, 0.1) is 29.6 Å². The fraction of sp³-hybridized carbons (Fsp3) is 0.988. The van der Waals surface area contributed by atoms with Gasteiger partial charge < -0.3 is 9.84 Å². The Labute approximate surface area is 530 Å². The number of hydrogen-bond donors (Lipinski definition) is 1. The molecule has 0 heterocycles. The molecule has 0 bridgehead atoms. The normalized spacial score (nSPS) is 17.3. The SMILES string of the molecule is CCCCCCCCCCCCCCCCCCCCCCC(C(=O)OC)C(O)CCCCCCCCCCCCCCCCC1CC1CCCCCCCCCCCCCCCC1CC1CCCCCCCCCCCCCCCCCC. The van der Waals surface area contributed by atoms with Crippen molar-refractivity contribution in [3.05, 3.63) is 0 Å². The van der Waals surface area contributed by atoms with E-state index in [2.05, 4.69) is 13.8 Å². The third-order valence-electron chi connectivity index (χ3n) is 21.4. The molecule has 1 N–H and O–H groups in total. The van der Waals surface area contributed by atoms with Gasteiger partial charge in [-0.1, -0.05) is 444 Å². The topological polar surface area (TPSA) is 46.5 Å². The molecule has 2 saturated carbocycles. The third kappa shape index (κ3) is 54.4. The molecular weight excluding hydrogens is 1020 g/mol. The molecule has 500 valence electrons. The van der Waals surface area contributed by atoms with Crippen LogP contribution in [0.3, 0.4) is 0 Å². The summed E-state index contributed by atoms with van der Waals surface area (Å²) in [6.07, 6.45) is 100. The van der Waals surface area contributed by atoms with Gasteiger partial charge in [-0.05, 0) is 49.4 Å². The van der Waals surface area contributed by atoms with Gasteiger partial charge in [0.05, 0.1) is 19.1 Å². The van der Waals surface area contributed by atoms with Crippen molar-refractivity contribution in [2.45, 2.75) is 476 Å². The summed E-state index contributed by atoms with van der Waals surface area (Å²) in [5.74, 6) is 3.88. The molecule has 6 atom stereocenters. The Hall–Kier alpha value is -0.570. The number of ether oxygens (including phenoxy) is 1.